The summed E-state index contributed by atoms with van der Waals surface area (Å²) >= 11 is 0. The van der Waals surface area contributed by atoms with E-state index in [0.717, 1.165) is 109 Å². The molecule has 0 spiro atoms. The lowest BCUT2D eigenvalue weighted by molar-refractivity contribution is -0.150. The molecule has 2 unspecified atom stereocenters. The van der Waals surface area contributed by atoms with Gasteiger partial charge in [-0.25, -0.2) is 4.79 Å². The number of carbonyl (C=O) groups excluding carboxylic acids is 3. The van der Waals surface area contributed by atoms with Gasteiger partial charge in [0.05, 0.1) is 13.2 Å². The molecule has 0 aromatic heterocycles. The van der Waals surface area contributed by atoms with Crippen LogP contribution in [-0.2, 0) is 23.9 Å². The van der Waals surface area contributed by atoms with Crippen LogP contribution in [0.5, 0.6) is 0 Å². The van der Waals surface area contributed by atoms with Crippen LogP contribution in [0.4, 0.5) is 0 Å². The van der Waals surface area contributed by atoms with Crippen molar-refractivity contribution in [2.45, 2.75) is 187 Å². The predicted molar refractivity (Wildman–Crippen MR) is 231 cm³/mol. The normalized spacial score (nSPS) is 13.2. The van der Waals surface area contributed by atoms with Crippen molar-refractivity contribution in [3.8, 4) is 0 Å². The third-order valence-electron chi connectivity index (χ3n) is 9.19. The van der Waals surface area contributed by atoms with Gasteiger partial charge >= 0.3 is 11.9 Å². The molecule has 0 heterocycles. The van der Waals surface area contributed by atoms with E-state index in [9.17, 15) is 19.2 Å². The summed E-state index contributed by atoms with van der Waals surface area (Å²) in [5.74, 6) is -2.38. The zero-order chi connectivity index (χ0) is 41.2. The minimum atomic E-state index is -1.39. The minimum absolute atomic E-state index is 0.0821. The lowest BCUT2D eigenvalue weighted by atomic mass is 10.0. The summed E-state index contributed by atoms with van der Waals surface area (Å²) in [4.78, 5) is 47.6. The molecule has 0 aromatic rings. The van der Waals surface area contributed by atoms with Gasteiger partial charge in [-0.15, -0.1) is 0 Å². The summed E-state index contributed by atoms with van der Waals surface area (Å²) in [6, 6.07) is -1.39. The number of nitrogens with one attached hydrogen (secondary N) is 2. The molecule has 2 atom stereocenters. The number of allylic oxidation sites excluding steroid dienone is 12. The lowest BCUT2D eigenvalue weighted by Crippen LogP contribution is -2.47. The van der Waals surface area contributed by atoms with E-state index in [0.29, 0.717) is 12.8 Å². The highest BCUT2D eigenvalue weighted by molar-refractivity contribution is 5.87. The highest BCUT2D eigenvalue weighted by Gasteiger charge is 2.19. The maximum absolute atomic E-state index is 12.8. The topological polar surface area (TPSA) is 142 Å². The summed E-state index contributed by atoms with van der Waals surface area (Å²) < 4.78 is 5.98. The maximum Gasteiger partial charge on any atom is 0.328 e. The molecule has 0 bridgehead atoms. The third kappa shape index (κ3) is 37.2. The van der Waals surface area contributed by atoms with Gasteiger partial charge < -0.3 is 25.6 Å². The molecule has 0 radical (unpaired) electrons. The van der Waals surface area contributed by atoms with Crippen LogP contribution in [0.25, 0.3) is 0 Å². The van der Waals surface area contributed by atoms with Crippen molar-refractivity contribution < 1.29 is 34.1 Å². The zero-order valence-corrected chi connectivity index (χ0v) is 35.1. The van der Waals surface area contributed by atoms with Crippen molar-refractivity contribution in [2.24, 2.45) is 0 Å². The van der Waals surface area contributed by atoms with Crippen LogP contribution in [0.2, 0.25) is 0 Å². The number of unbranched alkanes of at least 4 members (excludes halogenated alkanes) is 12. The Labute approximate surface area is 340 Å². The second kappa shape index (κ2) is 40.9. The van der Waals surface area contributed by atoms with Crippen LogP contribution in [0.3, 0.4) is 0 Å². The standard InChI is InChI=1S/C47H78N2O7/c1-3-5-7-9-11-13-15-17-18-20-22-24-26-31-35-39-46(53)56-42(36-32-28-25-23-21-19-16-14-12-10-8-6-4-2)37-33-29-27-30-34-38-44(51)48-40-45(52)49-43(41-50)47(54)55/h5,7,11,13,16-19,22-25,42-43,50H,3-4,6,8-10,12,14-15,20-21,26-41H2,1-2H3,(H,48,51)(H,49,52)(H,54,55)/b7-5-,13-11-,18-17-,19-16-,24-22-,25-23-. The van der Waals surface area contributed by atoms with E-state index < -0.39 is 24.5 Å². The second-order valence-corrected chi connectivity index (χ2v) is 14.4. The molecule has 0 aromatic carbocycles. The van der Waals surface area contributed by atoms with Crippen molar-refractivity contribution in [3.63, 3.8) is 0 Å². The van der Waals surface area contributed by atoms with Crippen LogP contribution in [0.1, 0.15) is 174 Å². The van der Waals surface area contributed by atoms with Gasteiger partial charge in [0.2, 0.25) is 11.8 Å². The smallest absolute Gasteiger partial charge is 0.328 e. The molecule has 0 aliphatic heterocycles. The number of carboxylic acid groups (broad SMARTS) is 1. The molecule has 4 N–H and O–H groups in total. The van der Waals surface area contributed by atoms with E-state index in [4.69, 9.17) is 14.9 Å². The van der Waals surface area contributed by atoms with Gasteiger partial charge in [0, 0.05) is 12.8 Å². The van der Waals surface area contributed by atoms with E-state index in [1.165, 1.54) is 32.1 Å². The average Bonchev–Trinajstić information content (AvgIpc) is 3.18. The fourth-order valence-electron chi connectivity index (χ4n) is 5.86. The van der Waals surface area contributed by atoms with Crippen molar-refractivity contribution in [2.75, 3.05) is 13.2 Å². The summed E-state index contributed by atoms with van der Waals surface area (Å²) in [6.45, 7) is 3.33. The minimum Gasteiger partial charge on any atom is -0.480 e. The molecule has 2 amide bonds. The number of hydrogen-bond acceptors (Lipinski definition) is 6. The van der Waals surface area contributed by atoms with Gasteiger partial charge in [0.15, 0.2) is 0 Å². The molecule has 0 rings (SSSR count). The first kappa shape index (κ1) is 52.3. The van der Waals surface area contributed by atoms with Gasteiger partial charge in [-0.05, 0) is 103 Å². The van der Waals surface area contributed by atoms with Gasteiger partial charge in [-0.1, -0.05) is 132 Å². The van der Waals surface area contributed by atoms with Gasteiger partial charge in [-0.2, -0.15) is 0 Å². The number of hydrogen-bond donors (Lipinski definition) is 4. The van der Waals surface area contributed by atoms with E-state index in [1.807, 2.05) is 0 Å². The predicted octanol–water partition coefficient (Wildman–Crippen LogP) is 10.7. The Hall–Kier alpha value is -3.72. The molecule has 0 fully saturated rings. The summed E-state index contributed by atoms with van der Waals surface area (Å²) in [5, 5.41) is 22.5. The Balaban J connectivity index is 4.49. The molecule has 0 saturated heterocycles. The Bertz CT molecular complexity index is 1170. The Morgan fingerprint density at radius 1 is 0.554 bits per heavy atom. The largest absolute Gasteiger partial charge is 0.480 e. The first-order valence-electron chi connectivity index (χ1n) is 21.8. The van der Waals surface area contributed by atoms with Crippen LogP contribution in [-0.4, -0.2) is 59.3 Å². The molecule has 0 aliphatic carbocycles. The summed E-state index contributed by atoms with van der Waals surface area (Å²) in [7, 11) is 0. The molecule has 56 heavy (non-hydrogen) atoms. The molecule has 0 aliphatic rings. The van der Waals surface area contributed by atoms with E-state index in [-0.39, 0.29) is 30.9 Å². The van der Waals surface area contributed by atoms with E-state index >= 15 is 0 Å². The first-order chi connectivity index (χ1) is 27.3. The number of amides is 2. The van der Waals surface area contributed by atoms with Crippen LogP contribution >= 0.6 is 0 Å². The number of carboxylic acids is 1. The van der Waals surface area contributed by atoms with Gasteiger partial charge in [-0.3, -0.25) is 14.4 Å². The zero-order valence-electron chi connectivity index (χ0n) is 35.1. The number of aliphatic carboxylic acids is 1. The Morgan fingerprint density at radius 3 is 1.62 bits per heavy atom. The fourth-order valence-corrected chi connectivity index (χ4v) is 5.86. The number of ether oxygens (including phenoxy) is 1. The van der Waals surface area contributed by atoms with E-state index in [2.05, 4.69) is 97.4 Å². The second-order valence-electron chi connectivity index (χ2n) is 14.4. The van der Waals surface area contributed by atoms with Gasteiger partial charge in [0.1, 0.15) is 12.1 Å². The number of carbonyl (C=O) groups is 4. The Kier molecular flexibility index (Phi) is 38.2. The van der Waals surface area contributed by atoms with Crippen molar-refractivity contribution in [1.29, 1.82) is 0 Å². The number of rotatable bonds is 38. The van der Waals surface area contributed by atoms with E-state index in [1.54, 1.807) is 0 Å². The highest BCUT2D eigenvalue weighted by atomic mass is 16.5. The van der Waals surface area contributed by atoms with Crippen molar-refractivity contribution in [1.82, 2.24) is 10.6 Å². The Morgan fingerprint density at radius 2 is 1.04 bits per heavy atom. The summed E-state index contributed by atoms with van der Waals surface area (Å²) in [6.07, 6.45) is 50.7. The third-order valence-corrected chi connectivity index (χ3v) is 9.19. The number of aliphatic hydroxyl groups excluding tert-OH is 1. The van der Waals surface area contributed by atoms with Crippen LogP contribution < -0.4 is 10.6 Å². The molecule has 318 valence electrons. The number of esters is 1. The maximum atomic E-state index is 12.8. The van der Waals surface area contributed by atoms with Crippen LogP contribution in [0.15, 0.2) is 72.9 Å². The van der Waals surface area contributed by atoms with Crippen molar-refractivity contribution in [3.05, 3.63) is 72.9 Å². The molecular weight excluding hydrogens is 705 g/mol. The molecule has 9 nitrogen and oxygen atoms in total. The SMILES string of the molecule is CC/C=C\C/C=C\C/C=C\C/C=C\CCCCC(=O)OC(CCC/C=C\C/C=C\CCCCCCC)CCCCCCCC(=O)NCC(=O)NC(CO)C(=O)O. The molecule has 9 heteroatoms. The first-order valence-corrected chi connectivity index (χ1v) is 21.8. The fraction of sp³-hybridized carbons (Fsp3) is 0.660. The van der Waals surface area contributed by atoms with Crippen LogP contribution in [0, 0.1) is 0 Å². The average molecular weight is 783 g/mol. The quantitative estimate of drug-likeness (QED) is 0.0277. The monoisotopic (exact) mass is 783 g/mol. The van der Waals surface area contributed by atoms with Gasteiger partial charge in [0.25, 0.3) is 0 Å². The van der Waals surface area contributed by atoms with Crippen molar-refractivity contribution >= 4 is 23.8 Å². The number of aliphatic hydroxyl groups is 1. The molecular formula is C47H78N2O7. The highest BCUT2D eigenvalue weighted by Crippen LogP contribution is 2.17. The lowest BCUT2D eigenvalue weighted by Gasteiger charge is -2.18. The summed E-state index contributed by atoms with van der Waals surface area (Å²) in [5.41, 5.74) is 0. The molecule has 0 saturated carbocycles.